The second-order valence-corrected chi connectivity index (χ2v) is 3.38. The molecule has 0 N–H and O–H groups in total. The molecule has 1 aromatic carbocycles. The first-order chi connectivity index (χ1) is 6.95. The molecule has 1 nitrogen and oxygen atoms in total. The van der Waals surface area contributed by atoms with E-state index in [9.17, 15) is 0 Å². The second kappa shape index (κ2) is 2.81. The summed E-state index contributed by atoms with van der Waals surface area (Å²) in [6, 6.07) is 14.8. The molecule has 2 aliphatic rings. The van der Waals surface area contributed by atoms with Gasteiger partial charge in [-0.2, -0.15) is 0 Å². The summed E-state index contributed by atoms with van der Waals surface area (Å²) in [5.74, 6) is 0. The van der Waals surface area contributed by atoms with Crippen LogP contribution in [0.2, 0.25) is 0 Å². The molecule has 0 amide bonds. The summed E-state index contributed by atoms with van der Waals surface area (Å²) < 4.78 is 0. The summed E-state index contributed by atoms with van der Waals surface area (Å²) in [5.41, 5.74) is 2.53. The molecule has 0 spiro atoms. The zero-order valence-electron chi connectivity index (χ0n) is 7.64. The van der Waals surface area contributed by atoms with E-state index >= 15 is 0 Å². The molecule has 1 aliphatic carbocycles. The number of benzene rings is 1. The number of nitrogens with zero attached hydrogens (tertiary/aromatic N) is 1. The highest BCUT2D eigenvalue weighted by Crippen LogP contribution is 2.32. The smallest absolute Gasteiger partial charge is 0.0274 e. The monoisotopic (exact) mass is 179 g/mol. The molecular weight excluding hydrogens is 170 g/mol. The van der Waals surface area contributed by atoms with Gasteiger partial charge in [0.2, 0.25) is 0 Å². The average Bonchev–Trinajstić information content (AvgIpc) is 2.42. The SMILES string of the molecule is c1ccc2c3ccnccc-3cc2c1. The molecule has 0 saturated carbocycles. The van der Waals surface area contributed by atoms with E-state index < -0.39 is 0 Å². The van der Waals surface area contributed by atoms with Crippen molar-refractivity contribution in [2.24, 2.45) is 0 Å². The van der Waals surface area contributed by atoms with Crippen molar-refractivity contribution in [3.8, 4) is 11.1 Å². The fourth-order valence-electron chi connectivity index (χ4n) is 1.88. The summed E-state index contributed by atoms with van der Waals surface area (Å²) in [4.78, 5) is 4.10. The van der Waals surface area contributed by atoms with Crippen LogP contribution in [0, 0.1) is 0 Å². The number of aromatic nitrogens is 1. The molecule has 1 heterocycles. The molecule has 0 radical (unpaired) electrons. The first-order valence-electron chi connectivity index (χ1n) is 4.67. The predicted octanol–water partition coefficient (Wildman–Crippen LogP) is 3.34. The molecule has 0 fully saturated rings. The summed E-state index contributed by atoms with van der Waals surface area (Å²) in [6.07, 6.45) is 3.68. The number of hydrogen-bond donors (Lipinski definition) is 0. The van der Waals surface area contributed by atoms with Crippen molar-refractivity contribution in [2.75, 3.05) is 0 Å². The van der Waals surface area contributed by atoms with Crippen LogP contribution in [0.25, 0.3) is 21.9 Å². The maximum Gasteiger partial charge on any atom is 0.0274 e. The van der Waals surface area contributed by atoms with E-state index in [2.05, 4.69) is 47.4 Å². The van der Waals surface area contributed by atoms with Crippen LogP contribution in [-0.4, -0.2) is 4.98 Å². The van der Waals surface area contributed by atoms with Crippen LogP contribution in [0.4, 0.5) is 0 Å². The topological polar surface area (TPSA) is 12.9 Å². The van der Waals surface area contributed by atoms with Gasteiger partial charge in [0, 0.05) is 12.4 Å². The van der Waals surface area contributed by atoms with Crippen molar-refractivity contribution in [1.29, 1.82) is 0 Å². The van der Waals surface area contributed by atoms with Gasteiger partial charge in [-0.25, -0.2) is 0 Å². The quantitative estimate of drug-likeness (QED) is 0.515. The Labute approximate surface area is 82.4 Å². The standard InChI is InChI=1S/C13H9N/c1-2-4-12-10(3-1)9-11-5-7-14-8-6-13(11)12/h1-9H. The Morgan fingerprint density at radius 1 is 0.857 bits per heavy atom. The molecule has 66 valence electrons. The fraction of sp³-hybridized carbons (Fsp3) is 0. The van der Waals surface area contributed by atoms with Gasteiger partial charge in [0.15, 0.2) is 0 Å². The summed E-state index contributed by atoms with van der Waals surface area (Å²) in [5, 5.41) is 2.61. The van der Waals surface area contributed by atoms with Crippen LogP contribution in [0.3, 0.4) is 0 Å². The number of fused-ring (bicyclic) bond motifs is 3. The molecule has 0 saturated heterocycles. The van der Waals surface area contributed by atoms with Crippen molar-refractivity contribution in [3.63, 3.8) is 0 Å². The zero-order chi connectivity index (χ0) is 9.38. The van der Waals surface area contributed by atoms with Gasteiger partial charge < -0.3 is 0 Å². The lowest BCUT2D eigenvalue weighted by Gasteiger charge is -1.91. The van der Waals surface area contributed by atoms with E-state index in [1.54, 1.807) is 0 Å². The Bertz CT molecular complexity index is 557. The third kappa shape index (κ3) is 0.990. The minimum atomic E-state index is 1.25. The van der Waals surface area contributed by atoms with E-state index in [4.69, 9.17) is 0 Å². The molecule has 1 aromatic rings. The van der Waals surface area contributed by atoms with Crippen LogP contribution in [0.1, 0.15) is 0 Å². The first-order valence-corrected chi connectivity index (χ1v) is 4.67. The van der Waals surface area contributed by atoms with Crippen LogP contribution in [-0.2, 0) is 0 Å². The van der Waals surface area contributed by atoms with Gasteiger partial charge in [-0.15, -0.1) is 0 Å². The minimum absolute atomic E-state index is 1.25. The molecule has 0 unspecified atom stereocenters. The van der Waals surface area contributed by atoms with Crippen LogP contribution >= 0.6 is 0 Å². The van der Waals surface area contributed by atoms with Crippen molar-refractivity contribution >= 4 is 10.8 Å². The normalized spacial score (nSPS) is 10.9. The van der Waals surface area contributed by atoms with Gasteiger partial charge >= 0.3 is 0 Å². The molecular formula is C13H9N. The lowest BCUT2D eigenvalue weighted by Crippen LogP contribution is -1.65. The third-order valence-electron chi connectivity index (χ3n) is 2.54. The summed E-state index contributed by atoms with van der Waals surface area (Å²) in [6.45, 7) is 0. The van der Waals surface area contributed by atoms with Crippen LogP contribution < -0.4 is 0 Å². The molecule has 1 aliphatic heterocycles. The van der Waals surface area contributed by atoms with Crippen LogP contribution in [0.5, 0.6) is 0 Å². The lowest BCUT2D eigenvalue weighted by molar-refractivity contribution is 1.37. The lowest BCUT2D eigenvalue weighted by atomic mass is 10.1. The molecule has 0 bridgehead atoms. The first kappa shape index (κ1) is 7.51. The van der Waals surface area contributed by atoms with Gasteiger partial charge in [0.05, 0.1) is 0 Å². The van der Waals surface area contributed by atoms with E-state index in [0.717, 1.165) is 0 Å². The van der Waals surface area contributed by atoms with E-state index in [1.807, 2.05) is 12.4 Å². The number of rotatable bonds is 0. The Morgan fingerprint density at radius 2 is 1.71 bits per heavy atom. The maximum atomic E-state index is 4.10. The van der Waals surface area contributed by atoms with Crippen molar-refractivity contribution in [1.82, 2.24) is 4.98 Å². The fourth-order valence-corrected chi connectivity index (χ4v) is 1.88. The van der Waals surface area contributed by atoms with Gasteiger partial charge in [0.25, 0.3) is 0 Å². The predicted molar refractivity (Wildman–Crippen MR) is 58.4 cm³/mol. The van der Waals surface area contributed by atoms with Crippen molar-refractivity contribution < 1.29 is 0 Å². The molecule has 1 heteroatoms. The highest BCUT2D eigenvalue weighted by molar-refractivity contribution is 6.01. The molecule has 0 atom stereocenters. The molecule has 0 aromatic heterocycles. The highest BCUT2D eigenvalue weighted by atomic mass is 14.6. The van der Waals surface area contributed by atoms with E-state index in [-0.39, 0.29) is 0 Å². The van der Waals surface area contributed by atoms with Gasteiger partial charge in [0.1, 0.15) is 0 Å². The molecule has 3 rings (SSSR count). The van der Waals surface area contributed by atoms with E-state index in [0.29, 0.717) is 0 Å². The van der Waals surface area contributed by atoms with Gasteiger partial charge in [-0.1, -0.05) is 24.3 Å². The zero-order valence-corrected chi connectivity index (χ0v) is 7.64. The Hall–Kier alpha value is -1.89. The van der Waals surface area contributed by atoms with Crippen LogP contribution in [0.15, 0.2) is 54.9 Å². The second-order valence-electron chi connectivity index (χ2n) is 3.38. The van der Waals surface area contributed by atoms with Gasteiger partial charge in [-0.3, -0.25) is 4.98 Å². The minimum Gasteiger partial charge on any atom is -0.265 e. The Kier molecular flexibility index (Phi) is 1.51. The Morgan fingerprint density at radius 3 is 2.71 bits per heavy atom. The van der Waals surface area contributed by atoms with Crippen molar-refractivity contribution in [2.45, 2.75) is 0 Å². The third-order valence-corrected chi connectivity index (χ3v) is 2.54. The highest BCUT2D eigenvalue weighted by Gasteiger charge is 2.06. The van der Waals surface area contributed by atoms with E-state index in [1.165, 1.54) is 21.9 Å². The summed E-state index contributed by atoms with van der Waals surface area (Å²) in [7, 11) is 0. The largest absolute Gasteiger partial charge is 0.265 e. The maximum absolute atomic E-state index is 4.10. The summed E-state index contributed by atoms with van der Waals surface area (Å²) >= 11 is 0. The molecule has 14 heavy (non-hydrogen) atoms. The number of hydrogen-bond acceptors (Lipinski definition) is 1. The van der Waals surface area contributed by atoms with Crippen molar-refractivity contribution in [3.05, 3.63) is 54.9 Å². The Balaban J connectivity index is 2.52. The average molecular weight is 179 g/mol. The van der Waals surface area contributed by atoms with Gasteiger partial charge in [-0.05, 0) is 40.1 Å².